The number of amides is 2. The maximum atomic E-state index is 13.3. The molecule has 0 saturated heterocycles. The number of thiophene rings is 1. The Kier molecular flexibility index (Phi) is 8.83. The van der Waals surface area contributed by atoms with E-state index >= 15 is 0 Å². The SMILES string of the molecule is C=CCN(CC(=O)N(Cc1ccc(F)cc1)Cc1cccs1)C(=O)CCC1CCCC1. The minimum Gasteiger partial charge on any atom is -0.332 e. The van der Waals surface area contributed by atoms with Gasteiger partial charge in [0.25, 0.3) is 0 Å². The maximum Gasteiger partial charge on any atom is 0.242 e. The highest BCUT2D eigenvalue weighted by atomic mass is 32.1. The molecule has 6 heteroatoms. The summed E-state index contributed by atoms with van der Waals surface area (Å²) in [5.74, 6) is 0.232. The van der Waals surface area contributed by atoms with Crippen molar-refractivity contribution in [2.75, 3.05) is 13.1 Å². The van der Waals surface area contributed by atoms with Crippen LogP contribution in [-0.4, -0.2) is 34.7 Å². The molecule has 2 aromatic rings. The van der Waals surface area contributed by atoms with Crippen LogP contribution in [0.1, 0.15) is 49.0 Å². The zero-order valence-electron chi connectivity index (χ0n) is 18.0. The Hall–Kier alpha value is -2.47. The van der Waals surface area contributed by atoms with Gasteiger partial charge in [-0.1, -0.05) is 50.0 Å². The quantitative estimate of drug-likeness (QED) is 0.437. The number of rotatable bonds is 11. The molecule has 1 saturated carbocycles. The number of hydrogen-bond acceptors (Lipinski definition) is 3. The Morgan fingerprint density at radius 2 is 1.81 bits per heavy atom. The van der Waals surface area contributed by atoms with E-state index < -0.39 is 0 Å². The lowest BCUT2D eigenvalue weighted by atomic mass is 10.0. The number of carbonyl (C=O) groups is 2. The average molecular weight is 443 g/mol. The van der Waals surface area contributed by atoms with Crippen LogP contribution < -0.4 is 0 Å². The van der Waals surface area contributed by atoms with Crippen molar-refractivity contribution in [1.82, 2.24) is 9.80 Å². The molecule has 0 aliphatic heterocycles. The molecule has 1 fully saturated rings. The number of carbonyl (C=O) groups excluding carboxylic acids is 2. The van der Waals surface area contributed by atoms with Crippen molar-refractivity contribution in [2.24, 2.45) is 5.92 Å². The lowest BCUT2D eigenvalue weighted by molar-refractivity contribution is -0.141. The standard InChI is InChI=1S/C25H31FN2O2S/c1-2-15-27(24(29)14-11-20-6-3-4-7-20)19-25(30)28(18-23-8-5-16-31-23)17-21-9-12-22(26)13-10-21/h2,5,8-10,12-13,16,20H,1,3-4,6-7,11,14-15,17-19H2. The fourth-order valence-electron chi connectivity index (χ4n) is 4.09. The summed E-state index contributed by atoms with van der Waals surface area (Å²) in [6.07, 6.45) is 7.98. The van der Waals surface area contributed by atoms with Crippen molar-refractivity contribution in [3.63, 3.8) is 0 Å². The van der Waals surface area contributed by atoms with E-state index in [4.69, 9.17) is 0 Å². The van der Waals surface area contributed by atoms with E-state index in [-0.39, 0.29) is 24.2 Å². The van der Waals surface area contributed by atoms with Crippen molar-refractivity contribution >= 4 is 23.2 Å². The Bertz CT molecular complexity index is 845. The van der Waals surface area contributed by atoms with E-state index in [1.54, 1.807) is 39.3 Å². The zero-order chi connectivity index (χ0) is 22.1. The second-order valence-corrected chi connectivity index (χ2v) is 9.24. The lowest BCUT2D eigenvalue weighted by Gasteiger charge is -2.27. The molecule has 4 nitrogen and oxygen atoms in total. The molecule has 0 atom stereocenters. The van der Waals surface area contributed by atoms with Crippen LogP contribution in [-0.2, 0) is 22.7 Å². The first kappa shape index (κ1) is 23.2. The fraction of sp³-hybridized carbons (Fsp3) is 0.440. The molecule has 2 amide bonds. The summed E-state index contributed by atoms with van der Waals surface area (Å²) in [6, 6.07) is 10.1. The molecule has 0 N–H and O–H groups in total. The van der Waals surface area contributed by atoms with Crippen molar-refractivity contribution in [3.8, 4) is 0 Å². The van der Waals surface area contributed by atoms with Gasteiger partial charge in [0.15, 0.2) is 0 Å². The van der Waals surface area contributed by atoms with Crippen LogP contribution in [0.4, 0.5) is 4.39 Å². The molecule has 1 aromatic heterocycles. The lowest BCUT2D eigenvalue weighted by Crippen LogP contribution is -2.42. The average Bonchev–Trinajstić information content (AvgIpc) is 3.47. The second-order valence-electron chi connectivity index (χ2n) is 8.21. The highest BCUT2D eigenvalue weighted by Gasteiger charge is 2.23. The van der Waals surface area contributed by atoms with Gasteiger partial charge in [-0.3, -0.25) is 9.59 Å². The van der Waals surface area contributed by atoms with E-state index in [0.717, 1.165) is 16.9 Å². The molecule has 3 rings (SSSR count). The minimum atomic E-state index is -0.301. The summed E-state index contributed by atoms with van der Waals surface area (Å²) in [5.41, 5.74) is 0.856. The Morgan fingerprint density at radius 1 is 1.06 bits per heavy atom. The highest BCUT2D eigenvalue weighted by molar-refractivity contribution is 7.09. The number of nitrogens with zero attached hydrogens (tertiary/aromatic N) is 2. The summed E-state index contributed by atoms with van der Waals surface area (Å²) < 4.78 is 13.3. The Balaban J connectivity index is 1.65. The Labute approximate surface area is 188 Å². The third kappa shape index (κ3) is 7.31. The van der Waals surface area contributed by atoms with Crippen LogP contribution in [0.15, 0.2) is 54.4 Å². The molecule has 166 valence electrons. The molecule has 1 heterocycles. The summed E-state index contributed by atoms with van der Waals surface area (Å²) >= 11 is 1.59. The van der Waals surface area contributed by atoms with Gasteiger partial charge in [-0.25, -0.2) is 4.39 Å². The van der Waals surface area contributed by atoms with E-state index in [1.165, 1.54) is 37.8 Å². The van der Waals surface area contributed by atoms with Crippen LogP contribution in [0, 0.1) is 11.7 Å². The van der Waals surface area contributed by atoms with Gasteiger partial charge in [0, 0.05) is 24.4 Å². The minimum absolute atomic E-state index is 0.0120. The molecular weight excluding hydrogens is 411 g/mol. The van der Waals surface area contributed by atoms with E-state index in [1.807, 2.05) is 17.5 Å². The first-order valence-electron chi connectivity index (χ1n) is 11.0. The third-order valence-corrected chi connectivity index (χ3v) is 6.70. The predicted octanol–water partition coefficient (Wildman–Crippen LogP) is 5.40. The van der Waals surface area contributed by atoms with E-state index in [2.05, 4.69) is 6.58 Å². The van der Waals surface area contributed by atoms with Crippen molar-refractivity contribution in [1.29, 1.82) is 0 Å². The first-order chi connectivity index (χ1) is 15.0. The van der Waals surface area contributed by atoms with Crippen LogP contribution in [0.25, 0.3) is 0 Å². The van der Waals surface area contributed by atoms with Crippen molar-refractivity contribution in [2.45, 2.75) is 51.6 Å². The molecule has 0 radical (unpaired) electrons. The van der Waals surface area contributed by atoms with Crippen LogP contribution >= 0.6 is 11.3 Å². The number of hydrogen-bond donors (Lipinski definition) is 0. The van der Waals surface area contributed by atoms with Crippen LogP contribution in [0.5, 0.6) is 0 Å². The maximum absolute atomic E-state index is 13.3. The van der Waals surface area contributed by atoms with Crippen LogP contribution in [0.3, 0.4) is 0 Å². The van der Waals surface area contributed by atoms with Crippen molar-refractivity contribution < 1.29 is 14.0 Å². The number of halogens is 1. The fourth-order valence-corrected chi connectivity index (χ4v) is 4.81. The molecule has 0 bridgehead atoms. The molecule has 0 unspecified atom stereocenters. The van der Waals surface area contributed by atoms with Crippen LogP contribution in [0.2, 0.25) is 0 Å². The predicted molar refractivity (Wildman–Crippen MR) is 123 cm³/mol. The van der Waals surface area contributed by atoms with E-state index in [0.29, 0.717) is 32.0 Å². The largest absolute Gasteiger partial charge is 0.332 e. The zero-order valence-corrected chi connectivity index (χ0v) is 18.8. The summed E-state index contributed by atoms with van der Waals surface area (Å²) in [4.78, 5) is 30.5. The molecular formula is C25H31FN2O2S. The second kappa shape index (κ2) is 11.8. The van der Waals surface area contributed by atoms with Gasteiger partial charge in [0.1, 0.15) is 12.4 Å². The first-order valence-corrected chi connectivity index (χ1v) is 11.9. The van der Waals surface area contributed by atoms with Gasteiger partial charge in [-0.15, -0.1) is 17.9 Å². The normalized spacial score (nSPS) is 13.8. The molecule has 1 aromatic carbocycles. The molecule has 1 aliphatic carbocycles. The van der Waals surface area contributed by atoms with Gasteiger partial charge in [0.2, 0.25) is 11.8 Å². The molecule has 31 heavy (non-hydrogen) atoms. The van der Waals surface area contributed by atoms with Gasteiger partial charge >= 0.3 is 0 Å². The van der Waals surface area contributed by atoms with E-state index in [9.17, 15) is 14.0 Å². The third-order valence-electron chi connectivity index (χ3n) is 5.84. The smallest absolute Gasteiger partial charge is 0.242 e. The Morgan fingerprint density at radius 3 is 2.45 bits per heavy atom. The van der Waals surface area contributed by atoms with Crippen molar-refractivity contribution in [3.05, 3.63) is 70.7 Å². The number of benzene rings is 1. The topological polar surface area (TPSA) is 40.6 Å². The molecule has 1 aliphatic rings. The highest BCUT2D eigenvalue weighted by Crippen LogP contribution is 2.28. The van der Waals surface area contributed by atoms with Gasteiger partial charge in [0.05, 0.1) is 6.54 Å². The summed E-state index contributed by atoms with van der Waals surface area (Å²) in [5, 5.41) is 1.98. The van der Waals surface area contributed by atoms with Gasteiger partial charge in [-0.05, 0) is 41.5 Å². The monoisotopic (exact) mass is 442 g/mol. The van der Waals surface area contributed by atoms with Gasteiger partial charge < -0.3 is 9.80 Å². The summed E-state index contributed by atoms with van der Waals surface area (Å²) in [7, 11) is 0. The summed E-state index contributed by atoms with van der Waals surface area (Å²) in [6.45, 7) is 4.98. The molecule has 0 spiro atoms. The van der Waals surface area contributed by atoms with Gasteiger partial charge in [-0.2, -0.15) is 0 Å².